The van der Waals surface area contributed by atoms with E-state index < -0.39 is 18.1 Å². The zero-order chi connectivity index (χ0) is 16.3. The zero-order valence-electron chi connectivity index (χ0n) is 12.4. The van der Waals surface area contributed by atoms with Crippen molar-refractivity contribution in [3.63, 3.8) is 0 Å². The van der Waals surface area contributed by atoms with Gasteiger partial charge in [-0.25, -0.2) is 0 Å². The van der Waals surface area contributed by atoms with Gasteiger partial charge in [0, 0.05) is 12.6 Å². The van der Waals surface area contributed by atoms with Gasteiger partial charge in [-0.15, -0.1) is 0 Å². The molecule has 6 heteroatoms. The number of nitrogens with zero attached hydrogens (tertiary/aromatic N) is 1. The van der Waals surface area contributed by atoms with Gasteiger partial charge < -0.3 is 10.0 Å². The number of hydrogen-bond acceptors (Lipinski definition) is 2. The molecule has 1 aromatic carbocycles. The monoisotopic (exact) mass is 313 g/mol. The fourth-order valence-electron chi connectivity index (χ4n) is 4.02. The van der Waals surface area contributed by atoms with Gasteiger partial charge in [-0.2, -0.15) is 13.2 Å². The van der Waals surface area contributed by atoms with E-state index in [2.05, 4.69) is 0 Å². The van der Waals surface area contributed by atoms with E-state index in [-0.39, 0.29) is 23.6 Å². The summed E-state index contributed by atoms with van der Waals surface area (Å²) in [5, 5.41) is 9.72. The van der Waals surface area contributed by atoms with Crippen LogP contribution in [-0.2, 0) is 16.6 Å². The number of rotatable bonds is 0. The summed E-state index contributed by atoms with van der Waals surface area (Å²) in [5.41, 5.74) is 1.60. The van der Waals surface area contributed by atoms with Crippen molar-refractivity contribution in [3.05, 3.63) is 29.3 Å². The molecule has 1 heterocycles. The molecule has 1 N–H and O–H groups in total. The minimum Gasteiger partial charge on any atom is -0.508 e. The highest BCUT2D eigenvalue weighted by Gasteiger charge is 2.53. The van der Waals surface area contributed by atoms with Crippen LogP contribution < -0.4 is 0 Å². The number of aromatic hydroxyl groups is 1. The largest absolute Gasteiger partial charge is 0.508 e. The van der Waals surface area contributed by atoms with Crippen LogP contribution >= 0.6 is 0 Å². The third kappa shape index (κ3) is 2.08. The Hall–Kier alpha value is -1.72. The maximum absolute atomic E-state index is 12.8. The van der Waals surface area contributed by atoms with Gasteiger partial charge in [0.1, 0.15) is 5.75 Å². The van der Waals surface area contributed by atoms with Crippen molar-refractivity contribution in [3.8, 4) is 5.75 Å². The smallest absolute Gasteiger partial charge is 0.471 e. The Morgan fingerprint density at radius 1 is 1.41 bits per heavy atom. The Kier molecular flexibility index (Phi) is 3.20. The average molecular weight is 313 g/mol. The minimum atomic E-state index is -4.83. The first-order chi connectivity index (χ1) is 10.1. The Balaban J connectivity index is 2.03. The quantitative estimate of drug-likeness (QED) is 0.800. The Morgan fingerprint density at radius 3 is 2.73 bits per heavy atom. The molecule has 1 aromatic rings. The Bertz CT molecular complexity index is 628. The topological polar surface area (TPSA) is 40.5 Å². The van der Waals surface area contributed by atoms with Crippen LogP contribution in [0.15, 0.2) is 18.2 Å². The molecule has 3 nitrogen and oxygen atoms in total. The number of carbonyl (C=O) groups excluding carboxylic acids is 1. The van der Waals surface area contributed by atoms with Crippen molar-refractivity contribution in [2.24, 2.45) is 5.92 Å². The number of piperidine rings is 1. The number of hydrogen-bond donors (Lipinski definition) is 1. The number of phenolic OH excluding ortho intramolecular Hbond substituents is 1. The summed E-state index contributed by atoms with van der Waals surface area (Å²) in [6, 6.07) is 4.56. The van der Waals surface area contributed by atoms with Gasteiger partial charge >= 0.3 is 12.1 Å². The molecule has 3 atom stereocenters. The molecule has 2 aliphatic rings. The van der Waals surface area contributed by atoms with E-state index in [9.17, 15) is 23.1 Å². The normalized spacial score (nSPS) is 30.9. The Morgan fingerprint density at radius 2 is 2.09 bits per heavy atom. The predicted molar refractivity (Wildman–Crippen MR) is 74.5 cm³/mol. The van der Waals surface area contributed by atoms with Crippen molar-refractivity contribution in [1.82, 2.24) is 4.90 Å². The average Bonchev–Trinajstić information content (AvgIpc) is 2.42. The van der Waals surface area contributed by atoms with Crippen LogP contribution in [0.5, 0.6) is 5.75 Å². The van der Waals surface area contributed by atoms with Crippen LogP contribution in [0.1, 0.15) is 31.4 Å². The van der Waals surface area contributed by atoms with Gasteiger partial charge in [-0.3, -0.25) is 4.79 Å². The highest BCUT2D eigenvalue weighted by atomic mass is 19.4. The van der Waals surface area contributed by atoms with E-state index in [1.165, 1.54) is 0 Å². The summed E-state index contributed by atoms with van der Waals surface area (Å²) in [6.45, 7) is 4.00. The molecule has 1 fully saturated rings. The van der Waals surface area contributed by atoms with Gasteiger partial charge in [0.2, 0.25) is 0 Å². The third-order valence-corrected chi connectivity index (χ3v) is 5.50. The minimum absolute atomic E-state index is 0.0955. The molecule has 0 unspecified atom stereocenters. The third-order valence-electron chi connectivity index (χ3n) is 5.50. The number of halogens is 3. The lowest BCUT2D eigenvalue weighted by Gasteiger charge is -2.54. The van der Waals surface area contributed by atoms with Crippen LogP contribution in [0.2, 0.25) is 0 Å². The highest BCUT2D eigenvalue weighted by molar-refractivity contribution is 5.82. The fourth-order valence-corrected chi connectivity index (χ4v) is 4.02. The highest BCUT2D eigenvalue weighted by Crippen LogP contribution is 2.49. The van der Waals surface area contributed by atoms with Crippen molar-refractivity contribution in [2.75, 3.05) is 6.54 Å². The van der Waals surface area contributed by atoms with E-state index in [1.807, 2.05) is 13.8 Å². The molecular formula is C16H18F3NO2. The molecule has 22 heavy (non-hydrogen) atoms. The van der Waals surface area contributed by atoms with Gasteiger partial charge in [0.05, 0.1) is 0 Å². The molecule has 3 rings (SSSR count). The molecule has 0 radical (unpaired) electrons. The van der Waals surface area contributed by atoms with Crippen LogP contribution in [0.4, 0.5) is 13.2 Å². The second-order valence-electron chi connectivity index (χ2n) is 6.57. The summed E-state index contributed by atoms with van der Waals surface area (Å²) >= 11 is 0. The van der Waals surface area contributed by atoms with Crippen LogP contribution in [0.25, 0.3) is 0 Å². The first kappa shape index (κ1) is 15.2. The maximum atomic E-state index is 12.8. The Labute approximate surface area is 126 Å². The molecule has 0 aromatic heterocycles. The van der Waals surface area contributed by atoms with Crippen LogP contribution in [-0.4, -0.2) is 34.7 Å². The standard InChI is InChI=1S/C16H18F3NO2/c1-9-13-7-10-3-4-11(21)8-12(10)15(9,2)5-6-20(13)14(22)16(17,18)19/h3-4,8-9,13,21H,5-7H2,1-2H3/t9-,13-,15-/m1/s1. The fraction of sp³-hybridized carbons (Fsp3) is 0.562. The van der Waals surface area contributed by atoms with Crippen LogP contribution in [0, 0.1) is 5.92 Å². The van der Waals surface area contributed by atoms with Crippen molar-refractivity contribution in [2.45, 2.75) is 44.3 Å². The van der Waals surface area contributed by atoms with Gasteiger partial charge in [0.25, 0.3) is 0 Å². The predicted octanol–water partition coefficient (Wildman–Crippen LogP) is 3.01. The summed E-state index contributed by atoms with van der Waals surface area (Å²) in [7, 11) is 0. The van der Waals surface area contributed by atoms with Gasteiger partial charge in [0.15, 0.2) is 0 Å². The van der Waals surface area contributed by atoms with Gasteiger partial charge in [-0.1, -0.05) is 19.9 Å². The molecule has 0 saturated carbocycles. The number of fused-ring (bicyclic) bond motifs is 4. The van der Waals surface area contributed by atoms with E-state index >= 15 is 0 Å². The molecular weight excluding hydrogens is 295 g/mol. The first-order valence-corrected chi connectivity index (χ1v) is 7.35. The second-order valence-corrected chi connectivity index (χ2v) is 6.57. The maximum Gasteiger partial charge on any atom is 0.471 e. The zero-order valence-corrected chi connectivity index (χ0v) is 12.4. The van der Waals surface area contributed by atoms with Gasteiger partial charge in [-0.05, 0) is 47.4 Å². The lowest BCUT2D eigenvalue weighted by molar-refractivity contribution is -0.192. The van der Waals surface area contributed by atoms with Crippen molar-refractivity contribution >= 4 is 5.91 Å². The lowest BCUT2D eigenvalue weighted by Crippen LogP contribution is -2.61. The van der Waals surface area contributed by atoms with E-state index in [0.717, 1.165) is 16.0 Å². The summed E-state index contributed by atoms with van der Waals surface area (Å²) in [4.78, 5) is 12.7. The molecule has 1 amide bonds. The summed E-state index contributed by atoms with van der Waals surface area (Å²) in [6.07, 6.45) is -3.97. The van der Waals surface area contributed by atoms with Crippen molar-refractivity contribution < 1.29 is 23.1 Å². The molecule has 1 aliphatic heterocycles. The summed E-state index contributed by atoms with van der Waals surface area (Å²) in [5.74, 6) is -1.67. The molecule has 120 valence electrons. The van der Waals surface area contributed by atoms with E-state index in [1.54, 1.807) is 18.2 Å². The molecule has 1 aliphatic carbocycles. The number of benzene rings is 1. The lowest BCUT2D eigenvalue weighted by atomic mass is 9.59. The van der Waals surface area contributed by atoms with Crippen molar-refractivity contribution in [1.29, 1.82) is 0 Å². The number of carbonyl (C=O) groups is 1. The second kappa shape index (κ2) is 4.64. The molecule has 2 bridgehead atoms. The number of amides is 1. The molecule has 1 saturated heterocycles. The number of likely N-dealkylation sites (tertiary alicyclic amines) is 1. The summed E-state index contributed by atoms with van der Waals surface area (Å²) < 4.78 is 38.4. The molecule has 0 spiro atoms. The van der Waals surface area contributed by atoms with E-state index in [4.69, 9.17) is 0 Å². The van der Waals surface area contributed by atoms with Crippen LogP contribution in [0.3, 0.4) is 0 Å². The number of phenols is 1. The van der Waals surface area contributed by atoms with E-state index in [0.29, 0.717) is 12.8 Å². The SMILES string of the molecule is C[C@@H]1[C@H]2Cc3ccc(O)cc3[C@]1(C)CCN2C(=O)C(F)(F)F. The number of alkyl halides is 3. The first-order valence-electron chi connectivity index (χ1n) is 7.35.